The van der Waals surface area contributed by atoms with Gasteiger partial charge in [-0.25, -0.2) is 5.48 Å². The molecule has 50 valence electrons. The molecule has 4 heteroatoms. The number of hydrogen-bond acceptors (Lipinski definition) is 3. The quantitative estimate of drug-likeness (QED) is 0.545. The van der Waals surface area contributed by atoms with E-state index < -0.39 is 0 Å². The largest absolute Gasteiger partial charge is 0.316 e. The highest BCUT2D eigenvalue weighted by Gasteiger charge is 1.91. The van der Waals surface area contributed by atoms with E-state index in [1.54, 1.807) is 10.9 Å². The Morgan fingerprint density at radius 2 is 2.67 bits per heavy atom. The summed E-state index contributed by atoms with van der Waals surface area (Å²) in [5.41, 5.74) is 3.02. The van der Waals surface area contributed by atoms with Gasteiger partial charge in [0.25, 0.3) is 0 Å². The average Bonchev–Trinajstić information content (AvgIpc) is 2.17. The molecule has 9 heavy (non-hydrogen) atoms. The number of hydroxylamine groups is 1. The van der Waals surface area contributed by atoms with Gasteiger partial charge in [-0.3, -0.25) is 4.68 Å². The highest BCUT2D eigenvalue weighted by molar-refractivity contribution is 5.01. The van der Waals surface area contributed by atoms with Crippen LogP contribution in [0.15, 0.2) is 12.4 Å². The van der Waals surface area contributed by atoms with Crippen LogP contribution < -0.4 is 5.48 Å². The van der Waals surface area contributed by atoms with Gasteiger partial charge in [0.15, 0.2) is 0 Å². The van der Waals surface area contributed by atoms with E-state index in [0.29, 0.717) is 6.54 Å². The molecule has 0 saturated carbocycles. The molecule has 1 aromatic rings. The molecule has 0 fully saturated rings. The second kappa shape index (κ2) is 2.61. The first-order valence-electron chi connectivity index (χ1n) is 2.67. The van der Waals surface area contributed by atoms with E-state index in [2.05, 4.69) is 5.10 Å². The molecule has 0 radical (unpaired) electrons. The Bertz CT molecular complexity index is 184. The summed E-state index contributed by atoms with van der Waals surface area (Å²) in [7, 11) is 1.83. The predicted molar refractivity (Wildman–Crippen MR) is 31.8 cm³/mol. The molecule has 0 unspecified atom stereocenters. The minimum Gasteiger partial charge on any atom is -0.316 e. The van der Waals surface area contributed by atoms with Crippen LogP contribution in [-0.2, 0) is 13.6 Å². The van der Waals surface area contributed by atoms with Crippen LogP contribution in [0.5, 0.6) is 0 Å². The minimum atomic E-state index is 0.452. The van der Waals surface area contributed by atoms with Gasteiger partial charge in [0.1, 0.15) is 0 Å². The maximum absolute atomic E-state index is 8.24. The monoisotopic (exact) mass is 127 g/mol. The lowest BCUT2D eigenvalue weighted by atomic mass is 10.4. The molecule has 2 N–H and O–H groups in total. The molecule has 1 heterocycles. The molecule has 0 saturated heterocycles. The first kappa shape index (κ1) is 6.25. The molecule has 1 aromatic heterocycles. The summed E-state index contributed by atoms with van der Waals surface area (Å²) in [4.78, 5) is 0. The first-order chi connectivity index (χ1) is 4.33. The van der Waals surface area contributed by atoms with Crippen LogP contribution in [0.2, 0.25) is 0 Å². The molecule has 0 atom stereocenters. The van der Waals surface area contributed by atoms with E-state index in [4.69, 9.17) is 5.21 Å². The molecule has 0 spiro atoms. The van der Waals surface area contributed by atoms with Crippen LogP contribution in [-0.4, -0.2) is 15.0 Å². The Kier molecular flexibility index (Phi) is 1.81. The standard InChI is InChI=1S/C5H9N3O/c1-8-4-5(2-6-8)3-7-9/h2,4,7,9H,3H2,1H3. The zero-order chi connectivity index (χ0) is 6.69. The summed E-state index contributed by atoms with van der Waals surface area (Å²) in [5.74, 6) is 0. The summed E-state index contributed by atoms with van der Waals surface area (Å²) < 4.78 is 1.69. The number of aryl methyl sites for hydroxylation is 1. The number of aromatic nitrogens is 2. The fourth-order valence-corrected chi connectivity index (χ4v) is 0.654. The third-order valence-electron chi connectivity index (χ3n) is 1.04. The van der Waals surface area contributed by atoms with Crippen LogP contribution in [0, 0.1) is 0 Å². The van der Waals surface area contributed by atoms with Crippen LogP contribution in [0.4, 0.5) is 0 Å². The Balaban J connectivity index is 2.61. The fourth-order valence-electron chi connectivity index (χ4n) is 0.654. The smallest absolute Gasteiger partial charge is 0.0535 e. The molecule has 0 amide bonds. The van der Waals surface area contributed by atoms with Crippen molar-refractivity contribution in [1.29, 1.82) is 0 Å². The van der Waals surface area contributed by atoms with Crippen molar-refractivity contribution >= 4 is 0 Å². The van der Waals surface area contributed by atoms with Gasteiger partial charge >= 0.3 is 0 Å². The number of rotatable bonds is 2. The molecule has 0 aliphatic heterocycles. The number of nitrogens with zero attached hydrogens (tertiary/aromatic N) is 2. The van der Waals surface area contributed by atoms with Gasteiger partial charge < -0.3 is 5.21 Å². The Morgan fingerprint density at radius 3 is 3.11 bits per heavy atom. The van der Waals surface area contributed by atoms with Crippen LogP contribution >= 0.6 is 0 Å². The Morgan fingerprint density at radius 1 is 1.89 bits per heavy atom. The van der Waals surface area contributed by atoms with Gasteiger partial charge in [-0.1, -0.05) is 0 Å². The molecular formula is C5H9N3O. The van der Waals surface area contributed by atoms with E-state index in [1.165, 1.54) is 0 Å². The van der Waals surface area contributed by atoms with Crippen molar-refractivity contribution in [3.8, 4) is 0 Å². The topological polar surface area (TPSA) is 50.1 Å². The molecule has 0 aromatic carbocycles. The maximum Gasteiger partial charge on any atom is 0.0535 e. The van der Waals surface area contributed by atoms with Gasteiger partial charge in [-0.15, -0.1) is 0 Å². The summed E-state index contributed by atoms with van der Waals surface area (Å²) in [6.07, 6.45) is 3.53. The second-order valence-electron chi connectivity index (χ2n) is 1.86. The lowest BCUT2D eigenvalue weighted by Crippen LogP contribution is -2.04. The van der Waals surface area contributed by atoms with Crippen molar-refractivity contribution in [3.63, 3.8) is 0 Å². The van der Waals surface area contributed by atoms with Crippen molar-refractivity contribution in [1.82, 2.24) is 15.3 Å². The van der Waals surface area contributed by atoms with Crippen molar-refractivity contribution in [2.75, 3.05) is 0 Å². The van der Waals surface area contributed by atoms with Crippen molar-refractivity contribution in [2.24, 2.45) is 7.05 Å². The Labute approximate surface area is 53.1 Å². The first-order valence-corrected chi connectivity index (χ1v) is 2.67. The molecule has 1 rings (SSSR count). The third-order valence-corrected chi connectivity index (χ3v) is 1.04. The molecular weight excluding hydrogens is 118 g/mol. The number of nitrogens with one attached hydrogen (secondary N) is 1. The SMILES string of the molecule is Cn1cc(CNO)cn1. The summed E-state index contributed by atoms with van der Waals surface area (Å²) in [6, 6.07) is 0. The lowest BCUT2D eigenvalue weighted by molar-refractivity contribution is 0.161. The maximum atomic E-state index is 8.24. The molecule has 0 aliphatic carbocycles. The zero-order valence-corrected chi connectivity index (χ0v) is 5.20. The molecule has 4 nitrogen and oxygen atoms in total. The summed E-state index contributed by atoms with van der Waals surface area (Å²) in [5, 5.41) is 12.1. The third kappa shape index (κ3) is 1.51. The van der Waals surface area contributed by atoms with Gasteiger partial charge in [-0.2, -0.15) is 5.10 Å². The van der Waals surface area contributed by atoms with Gasteiger partial charge in [-0.05, 0) is 0 Å². The summed E-state index contributed by atoms with van der Waals surface area (Å²) in [6.45, 7) is 0.452. The normalized spacial score (nSPS) is 10.0. The van der Waals surface area contributed by atoms with E-state index >= 15 is 0 Å². The zero-order valence-electron chi connectivity index (χ0n) is 5.20. The van der Waals surface area contributed by atoms with Gasteiger partial charge in [0.2, 0.25) is 0 Å². The number of hydrogen-bond donors (Lipinski definition) is 2. The predicted octanol–water partition coefficient (Wildman–Crippen LogP) is -0.101. The van der Waals surface area contributed by atoms with E-state index in [9.17, 15) is 0 Å². The fraction of sp³-hybridized carbons (Fsp3) is 0.400. The Hall–Kier alpha value is -0.870. The average molecular weight is 127 g/mol. The molecule has 0 aliphatic rings. The van der Waals surface area contributed by atoms with Crippen molar-refractivity contribution in [2.45, 2.75) is 6.54 Å². The van der Waals surface area contributed by atoms with Crippen LogP contribution in [0.1, 0.15) is 5.56 Å². The van der Waals surface area contributed by atoms with Gasteiger partial charge in [0, 0.05) is 25.4 Å². The molecule has 0 bridgehead atoms. The lowest BCUT2D eigenvalue weighted by Gasteiger charge is -1.88. The second-order valence-corrected chi connectivity index (χ2v) is 1.86. The van der Waals surface area contributed by atoms with E-state index in [-0.39, 0.29) is 0 Å². The minimum absolute atomic E-state index is 0.452. The van der Waals surface area contributed by atoms with Crippen LogP contribution in [0.3, 0.4) is 0 Å². The highest BCUT2D eigenvalue weighted by Crippen LogP contribution is 1.92. The summed E-state index contributed by atoms with van der Waals surface area (Å²) >= 11 is 0. The van der Waals surface area contributed by atoms with E-state index in [1.807, 2.05) is 18.7 Å². The van der Waals surface area contributed by atoms with Crippen molar-refractivity contribution in [3.05, 3.63) is 18.0 Å². The van der Waals surface area contributed by atoms with E-state index in [0.717, 1.165) is 5.56 Å². The highest BCUT2D eigenvalue weighted by atomic mass is 16.5. The van der Waals surface area contributed by atoms with Crippen molar-refractivity contribution < 1.29 is 5.21 Å². The van der Waals surface area contributed by atoms with Gasteiger partial charge in [0.05, 0.1) is 6.20 Å². The van der Waals surface area contributed by atoms with Crippen LogP contribution in [0.25, 0.3) is 0 Å².